The molecule has 0 spiro atoms. The van der Waals surface area contributed by atoms with Gasteiger partial charge in [-0.1, -0.05) is 0 Å². The van der Waals surface area contributed by atoms with Crippen molar-refractivity contribution in [3.05, 3.63) is 40.0 Å². The predicted molar refractivity (Wildman–Crippen MR) is 112 cm³/mol. The Morgan fingerprint density at radius 2 is 2.07 bits per heavy atom. The molecule has 3 heterocycles. The normalized spacial score (nSPS) is 14.7. The number of pyridine rings is 1. The minimum atomic E-state index is -3.47. The molecule has 0 bridgehead atoms. The number of nitrogens with zero attached hydrogens (tertiary/aromatic N) is 4. The third-order valence-corrected chi connectivity index (χ3v) is 8.39. The average molecular weight is 434 g/mol. The van der Waals surface area contributed by atoms with Gasteiger partial charge in [0.2, 0.25) is 0 Å². The van der Waals surface area contributed by atoms with Crippen LogP contribution in [0.4, 0.5) is 0 Å². The second-order valence-electron chi connectivity index (χ2n) is 7.47. The lowest BCUT2D eigenvalue weighted by Crippen LogP contribution is -2.23. The molecule has 29 heavy (non-hydrogen) atoms. The third kappa shape index (κ3) is 3.67. The molecule has 3 aromatic heterocycles. The summed E-state index contributed by atoms with van der Waals surface area (Å²) in [6, 6.07) is 5.18. The highest BCUT2D eigenvalue weighted by Crippen LogP contribution is 2.40. The first-order chi connectivity index (χ1) is 13.7. The molecule has 0 unspecified atom stereocenters. The molecule has 10 heteroatoms. The maximum absolute atomic E-state index is 13.0. The molecule has 4 rings (SSSR count). The van der Waals surface area contributed by atoms with Crippen molar-refractivity contribution >= 4 is 38.3 Å². The number of thiophene rings is 1. The summed E-state index contributed by atoms with van der Waals surface area (Å²) in [5.74, 6) is 0.207. The van der Waals surface area contributed by atoms with Gasteiger partial charge in [0.1, 0.15) is 4.21 Å². The van der Waals surface area contributed by atoms with Gasteiger partial charge in [-0.2, -0.15) is 5.10 Å². The van der Waals surface area contributed by atoms with Crippen LogP contribution in [0.3, 0.4) is 0 Å². The Hall–Kier alpha value is -2.30. The number of aromatic nitrogens is 3. The molecule has 0 radical (unpaired) electrons. The van der Waals surface area contributed by atoms with Crippen LogP contribution in [0.5, 0.6) is 0 Å². The quantitative estimate of drug-likeness (QED) is 0.644. The summed E-state index contributed by atoms with van der Waals surface area (Å²) in [6.45, 7) is 2.13. The summed E-state index contributed by atoms with van der Waals surface area (Å²) in [4.78, 5) is 18.5. The van der Waals surface area contributed by atoms with E-state index >= 15 is 0 Å². The zero-order chi connectivity index (χ0) is 20.9. The Morgan fingerprint density at radius 1 is 1.34 bits per heavy atom. The highest BCUT2D eigenvalue weighted by Gasteiger charge is 2.28. The van der Waals surface area contributed by atoms with E-state index in [2.05, 4.69) is 10.4 Å². The van der Waals surface area contributed by atoms with Gasteiger partial charge in [-0.25, -0.2) is 17.7 Å². The molecule has 1 saturated carbocycles. The molecule has 1 N–H and O–H groups in total. The number of aryl methyl sites for hydroxylation is 2. The number of hydrogen-bond acceptors (Lipinski definition) is 6. The molecule has 0 saturated heterocycles. The minimum absolute atomic E-state index is 0.208. The van der Waals surface area contributed by atoms with Gasteiger partial charge >= 0.3 is 0 Å². The lowest BCUT2D eigenvalue weighted by atomic mass is 10.1. The number of rotatable bonds is 6. The van der Waals surface area contributed by atoms with E-state index in [-0.39, 0.29) is 16.7 Å². The minimum Gasteiger partial charge on any atom is -0.347 e. The SMILES string of the molecule is Cc1nn(C)c2nc(C3CC3)cc(C(=O)NCc3ccc(S(=O)(=O)N(C)C)s3)c12. The van der Waals surface area contributed by atoms with Gasteiger partial charge in [-0.05, 0) is 38.0 Å². The van der Waals surface area contributed by atoms with Crippen LogP contribution in [0, 0.1) is 6.92 Å². The fourth-order valence-electron chi connectivity index (χ4n) is 3.27. The fourth-order valence-corrected chi connectivity index (χ4v) is 5.73. The van der Waals surface area contributed by atoms with Crippen molar-refractivity contribution in [1.82, 2.24) is 24.4 Å². The number of nitrogens with one attached hydrogen (secondary N) is 1. The van der Waals surface area contributed by atoms with Gasteiger partial charge in [0.15, 0.2) is 5.65 Å². The number of fused-ring (bicyclic) bond motifs is 1. The van der Waals surface area contributed by atoms with Crippen molar-refractivity contribution in [2.45, 2.75) is 36.4 Å². The third-order valence-electron chi connectivity index (χ3n) is 5.02. The van der Waals surface area contributed by atoms with E-state index in [1.807, 2.05) is 20.0 Å². The van der Waals surface area contributed by atoms with Crippen LogP contribution in [0.1, 0.15) is 45.4 Å². The van der Waals surface area contributed by atoms with Gasteiger partial charge in [-0.3, -0.25) is 9.48 Å². The van der Waals surface area contributed by atoms with Gasteiger partial charge in [0.05, 0.1) is 23.2 Å². The summed E-state index contributed by atoms with van der Waals surface area (Å²) in [5, 5.41) is 8.11. The molecule has 154 valence electrons. The van der Waals surface area contributed by atoms with Crippen LogP contribution in [0.2, 0.25) is 0 Å². The molecular formula is C19H23N5O3S2. The summed E-state index contributed by atoms with van der Waals surface area (Å²) < 4.78 is 27.6. The predicted octanol–water partition coefficient (Wildman–Crippen LogP) is 2.40. The highest BCUT2D eigenvalue weighted by atomic mass is 32.2. The molecule has 1 amide bonds. The summed E-state index contributed by atoms with van der Waals surface area (Å²) in [5.41, 5.74) is 2.98. The zero-order valence-corrected chi connectivity index (χ0v) is 18.4. The monoisotopic (exact) mass is 433 g/mol. The zero-order valence-electron chi connectivity index (χ0n) is 16.8. The Labute approximate surface area is 173 Å². The maximum atomic E-state index is 13.0. The van der Waals surface area contributed by atoms with E-state index in [0.29, 0.717) is 17.1 Å². The Bertz CT molecular complexity index is 1210. The van der Waals surface area contributed by atoms with Crippen LogP contribution in [0.25, 0.3) is 11.0 Å². The fraction of sp³-hybridized carbons (Fsp3) is 0.421. The van der Waals surface area contributed by atoms with Gasteiger partial charge < -0.3 is 5.32 Å². The molecule has 1 aliphatic rings. The molecule has 3 aromatic rings. The van der Waals surface area contributed by atoms with E-state index < -0.39 is 10.0 Å². The van der Waals surface area contributed by atoms with Crippen molar-refractivity contribution in [1.29, 1.82) is 0 Å². The van der Waals surface area contributed by atoms with Gasteiger partial charge in [0, 0.05) is 37.6 Å². The number of amides is 1. The first-order valence-corrected chi connectivity index (χ1v) is 11.6. The molecule has 0 aliphatic heterocycles. The van der Waals surface area contributed by atoms with E-state index in [1.54, 1.807) is 16.8 Å². The lowest BCUT2D eigenvalue weighted by Gasteiger charge is -2.09. The van der Waals surface area contributed by atoms with E-state index in [1.165, 1.54) is 18.4 Å². The summed E-state index contributed by atoms with van der Waals surface area (Å²) in [7, 11) is 1.36. The van der Waals surface area contributed by atoms with Crippen molar-refractivity contribution < 1.29 is 13.2 Å². The molecule has 1 fully saturated rings. The smallest absolute Gasteiger partial charge is 0.252 e. The standard InChI is InChI=1S/C19H23N5O3S2/c1-11-17-14(9-15(12-5-6-12)21-18(17)24(4)22-11)19(25)20-10-13-7-8-16(28-13)29(26,27)23(2)3/h7-9,12H,5-6,10H2,1-4H3,(H,20,25). The lowest BCUT2D eigenvalue weighted by molar-refractivity contribution is 0.0952. The van der Waals surface area contributed by atoms with Crippen molar-refractivity contribution in [2.75, 3.05) is 14.1 Å². The molecular weight excluding hydrogens is 410 g/mol. The van der Waals surface area contributed by atoms with Gasteiger partial charge in [-0.15, -0.1) is 11.3 Å². The number of carbonyl (C=O) groups is 1. The van der Waals surface area contributed by atoms with E-state index in [4.69, 9.17) is 4.98 Å². The van der Waals surface area contributed by atoms with Gasteiger partial charge in [0.25, 0.3) is 15.9 Å². The largest absolute Gasteiger partial charge is 0.347 e. The maximum Gasteiger partial charge on any atom is 0.252 e. The first-order valence-electron chi connectivity index (χ1n) is 9.32. The molecule has 8 nitrogen and oxygen atoms in total. The molecule has 0 aromatic carbocycles. The second kappa shape index (κ2) is 7.19. The van der Waals surface area contributed by atoms with Crippen LogP contribution in [-0.2, 0) is 23.6 Å². The Balaban J connectivity index is 1.59. The van der Waals surface area contributed by atoms with Crippen molar-refractivity contribution in [3.63, 3.8) is 0 Å². The van der Waals surface area contributed by atoms with Crippen LogP contribution in [0.15, 0.2) is 22.4 Å². The summed E-state index contributed by atoms with van der Waals surface area (Å²) in [6.07, 6.45) is 2.18. The Morgan fingerprint density at radius 3 is 2.72 bits per heavy atom. The number of sulfonamides is 1. The molecule has 1 aliphatic carbocycles. The summed E-state index contributed by atoms with van der Waals surface area (Å²) >= 11 is 1.16. The van der Waals surface area contributed by atoms with Crippen molar-refractivity contribution in [2.24, 2.45) is 7.05 Å². The van der Waals surface area contributed by atoms with Crippen molar-refractivity contribution in [3.8, 4) is 0 Å². The second-order valence-corrected chi connectivity index (χ2v) is 11.0. The number of hydrogen-bond donors (Lipinski definition) is 1. The number of carbonyl (C=O) groups excluding carboxylic acids is 1. The van der Waals surface area contributed by atoms with Crippen LogP contribution in [-0.4, -0.2) is 47.5 Å². The highest BCUT2D eigenvalue weighted by molar-refractivity contribution is 7.91. The van der Waals surface area contributed by atoms with Crippen LogP contribution < -0.4 is 5.32 Å². The molecule has 0 atom stereocenters. The van der Waals surface area contributed by atoms with E-state index in [0.717, 1.165) is 45.8 Å². The first kappa shape index (κ1) is 20.0. The average Bonchev–Trinajstić information content (AvgIpc) is 3.34. The van der Waals surface area contributed by atoms with Crippen LogP contribution >= 0.6 is 11.3 Å². The topological polar surface area (TPSA) is 97.2 Å². The Kier molecular flexibility index (Phi) is 4.96. The van der Waals surface area contributed by atoms with E-state index in [9.17, 15) is 13.2 Å².